The Bertz CT molecular complexity index is 2640. The molecule has 0 bridgehead atoms. The maximum absolute atomic E-state index is 12.0. The summed E-state index contributed by atoms with van der Waals surface area (Å²) < 4.78 is 27.1. The van der Waals surface area contributed by atoms with E-state index < -0.39 is 9.85 Å². The Kier molecular flexibility index (Phi) is 11.0. The number of nitro benzene ring substituents is 2. The Hall–Kier alpha value is -6.76. The van der Waals surface area contributed by atoms with Crippen LogP contribution in [-0.2, 0) is 13.2 Å². The Morgan fingerprint density at radius 1 is 0.448 bits per heavy atom. The zero-order valence-electron chi connectivity index (χ0n) is 30.3. The molecule has 0 saturated carbocycles. The molecular weight excluding hydrogens is 868 g/mol. The van der Waals surface area contributed by atoms with Crippen molar-refractivity contribution in [1.29, 1.82) is 0 Å². The van der Waals surface area contributed by atoms with E-state index in [0.29, 0.717) is 34.1 Å². The minimum absolute atomic E-state index is 0.0557. The third-order valence-electron chi connectivity index (χ3n) is 9.32. The smallest absolute Gasteiger partial charge is 0.311 e. The molecule has 0 N–H and O–H groups in total. The molecule has 0 radical (unpaired) electrons. The summed E-state index contributed by atoms with van der Waals surface area (Å²) in [6, 6.07) is 47.0. The fourth-order valence-electron chi connectivity index (χ4n) is 6.62. The van der Waals surface area contributed by atoms with E-state index >= 15 is 0 Å². The molecule has 8 rings (SSSR count). The van der Waals surface area contributed by atoms with Crippen LogP contribution in [0.2, 0.25) is 0 Å². The number of rotatable bonds is 13. The Morgan fingerprint density at radius 3 is 1.26 bits per heavy atom. The van der Waals surface area contributed by atoms with Crippen molar-refractivity contribution < 1.29 is 28.8 Å². The summed E-state index contributed by atoms with van der Waals surface area (Å²) in [5.74, 6) is 1.61. The highest BCUT2D eigenvalue weighted by Gasteiger charge is 2.24. The highest BCUT2D eigenvalue weighted by molar-refractivity contribution is 9.10. The summed E-state index contributed by atoms with van der Waals surface area (Å²) >= 11 is 7.22. The van der Waals surface area contributed by atoms with E-state index in [1.165, 1.54) is 36.4 Å². The van der Waals surface area contributed by atoms with Gasteiger partial charge in [0.15, 0.2) is 0 Å². The summed E-state index contributed by atoms with van der Waals surface area (Å²) in [6.07, 6.45) is 0. The Balaban J connectivity index is 1.25. The molecule has 0 aliphatic heterocycles. The highest BCUT2D eigenvalue weighted by atomic mass is 79.9. The number of nitrogens with zero attached hydrogens (tertiary/aromatic N) is 2. The van der Waals surface area contributed by atoms with Crippen molar-refractivity contribution in [1.82, 2.24) is 0 Å². The van der Waals surface area contributed by atoms with Crippen molar-refractivity contribution >= 4 is 64.8 Å². The van der Waals surface area contributed by atoms with E-state index in [4.69, 9.17) is 18.9 Å². The number of fused-ring (bicyclic) bond motifs is 2. The second-order valence-corrected chi connectivity index (χ2v) is 15.0. The van der Waals surface area contributed by atoms with Crippen molar-refractivity contribution in [3.05, 3.63) is 198 Å². The summed E-state index contributed by atoms with van der Waals surface area (Å²) in [5, 5.41) is 27.6. The first-order valence-electron chi connectivity index (χ1n) is 17.9. The molecule has 0 unspecified atom stereocenters. The van der Waals surface area contributed by atoms with Crippen LogP contribution in [0.4, 0.5) is 11.4 Å². The molecule has 0 heterocycles. The van der Waals surface area contributed by atoms with Crippen molar-refractivity contribution in [2.45, 2.75) is 13.2 Å². The molecule has 0 saturated heterocycles. The van der Waals surface area contributed by atoms with E-state index in [-0.39, 0.29) is 36.1 Å². The number of benzene rings is 8. The quantitative estimate of drug-likeness (QED) is 0.0828. The summed E-state index contributed by atoms with van der Waals surface area (Å²) in [4.78, 5) is 23.1. The monoisotopic (exact) mass is 896 g/mol. The Morgan fingerprint density at radius 2 is 0.862 bits per heavy atom. The zero-order chi connectivity index (χ0) is 40.2. The lowest BCUT2D eigenvalue weighted by atomic mass is 9.92. The van der Waals surface area contributed by atoms with Gasteiger partial charge < -0.3 is 18.9 Å². The van der Waals surface area contributed by atoms with E-state index in [9.17, 15) is 20.2 Å². The van der Waals surface area contributed by atoms with Crippen molar-refractivity contribution in [3.8, 4) is 45.6 Å². The number of halogens is 2. The van der Waals surface area contributed by atoms with Gasteiger partial charge in [-0.1, -0.05) is 117 Å². The SMILES string of the molecule is O=[N+]([O-])c1ccc(Oc2ccc3cc(Br)ccc3c2-c2c(Oc3ccc([N+](=O)[O-])c(OCc4ccccc4)c3)ccc3cc(Br)ccc23)cc1OCc1ccccc1. The average Bonchev–Trinajstić information content (AvgIpc) is 3.23. The predicted octanol–water partition coefficient (Wildman–Crippen LogP) is 13.7. The topological polar surface area (TPSA) is 123 Å². The van der Waals surface area contributed by atoms with Gasteiger partial charge in [-0.2, -0.15) is 0 Å². The highest BCUT2D eigenvalue weighted by Crippen LogP contribution is 2.49. The first kappa shape index (κ1) is 38.1. The molecule has 58 heavy (non-hydrogen) atoms. The van der Waals surface area contributed by atoms with Crippen LogP contribution in [-0.4, -0.2) is 9.85 Å². The molecule has 8 aromatic carbocycles. The first-order chi connectivity index (χ1) is 28.2. The van der Waals surface area contributed by atoms with Crippen LogP contribution in [0.25, 0.3) is 32.7 Å². The summed E-state index contributed by atoms with van der Waals surface area (Å²) in [5.41, 5.74) is 2.67. The van der Waals surface area contributed by atoms with Crippen LogP contribution in [0.1, 0.15) is 11.1 Å². The molecule has 12 heteroatoms. The minimum Gasteiger partial charge on any atom is -0.482 e. The molecule has 10 nitrogen and oxygen atoms in total. The molecule has 0 amide bonds. The number of nitro groups is 2. The van der Waals surface area contributed by atoms with Gasteiger partial charge in [0.2, 0.25) is 11.5 Å². The first-order valence-corrected chi connectivity index (χ1v) is 19.5. The number of ether oxygens (including phenoxy) is 4. The minimum atomic E-state index is -0.488. The van der Waals surface area contributed by atoms with Gasteiger partial charge in [-0.05, 0) is 81.2 Å². The van der Waals surface area contributed by atoms with E-state index in [1.807, 2.05) is 121 Å². The van der Waals surface area contributed by atoms with Gasteiger partial charge in [-0.3, -0.25) is 20.2 Å². The lowest BCUT2D eigenvalue weighted by Crippen LogP contribution is -2.00. The van der Waals surface area contributed by atoms with E-state index in [0.717, 1.165) is 41.6 Å². The van der Waals surface area contributed by atoms with Crippen LogP contribution in [0, 0.1) is 20.2 Å². The second-order valence-electron chi connectivity index (χ2n) is 13.1. The maximum Gasteiger partial charge on any atom is 0.311 e. The molecule has 0 aliphatic carbocycles. The van der Waals surface area contributed by atoms with Gasteiger partial charge in [0, 0.05) is 44.3 Å². The Labute approximate surface area is 348 Å². The number of hydrogen-bond acceptors (Lipinski definition) is 8. The van der Waals surface area contributed by atoms with Crippen molar-refractivity contribution in [2.24, 2.45) is 0 Å². The normalized spacial score (nSPS) is 11.0. The predicted molar refractivity (Wildman–Crippen MR) is 230 cm³/mol. The summed E-state index contributed by atoms with van der Waals surface area (Å²) in [7, 11) is 0. The van der Waals surface area contributed by atoms with Crippen molar-refractivity contribution in [2.75, 3.05) is 0 Å². The van der Waals surface area contributed by atoms with Gasteiger partial charge >= 0.3 is 11.4 Å². The molecule has 0 atom stereocenters. The fourth-order valence-corrected chi connectivity index (χ4v) is 7.38. The third kappa shape index (κ3) is 8.34. The lowest BCUT2D eigenvalue weighted by molar-refractivity contribution is -0.386. The number of hydrogen-bond donors (Lipinski definition) is 0. The molecule has 0 spiro atoms. The van der Waals surface area contributed by atoms with Gasteiger partial charge in [0.25, 0.3) is 0 Å². The molecule has 0 fully saturated rings. The molecular formula is C46H30Br2N2O8. The van der Waals surface area contributed by atoms with Gasteiger partial charge in [0.1, 0.15) is 36.2 Å². The van der Waals surface area contributed by atoms with Crippen LogP contribution in [0.5, 0.6) is 34.5 Å². The van der Waals surface area contributed by atoms with Crippen LogP contribution < -0.4 is 18.9 Å². The van der Waals surface area contributed by atoms with Gasteiger partial charge in [0.05, 0.1) is 9.85 Å². The standard InChI is InChI=1S/C46H30Br2N2O8/c47-33-13-17-37-31(23-33)11-21-41(57-35-15-19-39(49(51)52)43(25-35)55-27-29-7-3-1-4-8-29)45(37)46-38-18-14-34(48)24-32(38)12-22-42(46)58-36-16-20-40(50(53)54)44(26-36)56-28-30-9-5-2-6-10-30/h1-26H,27-28H2. The van der Waals surface area contributed by atoms with E-state index in [1.54, 1.807) is 0 Å². The lowest BCUT2D eigenvalue weighted by Gasteiger charge is -2.20. The maximum atomic E-state index is 12.0. The fraction of sp³-hybridized carbons (Fsp3) is 0.0435. The van der Waals surface area contributed by atoms with Crippen LogP contribution >= 0.6 is 31.9 Å². The van der Waals surface area contributed by atoms with E-state index in [2.05, 4.69) is 31.9 Å². The molecule has 8 aromatic rings. The van der Waals surface area contributed by atoms with Crippen molar-refractivity contribution in [3.63, 3.8) is 0 Å². The van der Waals surface area contributed by atoms with Gasteiger partial charge in [-0.15, -0.1) is 0 Å². The van der Waals surface area contributed by atoms with Crippen LogP contribution in [0.15, 0.2) is 167 Å². The van der Waals surface area contributed by atoms with Crippen LogP contribution in [0.3, 0.4) is 0 Å². The average molecular weight is 899 g/mol. The molecule has 0 aromatic heterocycles. The van der Waals surface area contributed by atoms with Gasteiger partial charge in [-0.25, -0.2) is 0 Å². The summed E-state index contributed by atoms with van der Waals surface area (Å²) in [6.45, 7) is 0.240. The second kappa shape index (κ2) is 16.8. The zero-order valence-corrected chi connectivity index (χ0v) is 33.5. The third-order valence-corrected chi connectivity index (χ3v) is 10.3. The molecule has 0 aliphatic rings. The molecule has 286 valence electrons. The largest absolute Gasteiger partial charge is 0.482 e.